The van der Waals surface area contributed by atoms with Gasteiger partial charge in [0.15, 0.2) is 5.96 Å². The first-order valence-corrected chi connectivity index (χ1v) is 9.66. The molecule has 0 aliphatic carbocycles. The van der Waals surface area contributed by atoms with Gasteiger partial charge in [-0.05, 0) is 30.5 Å². The molecule has 0 radical (unpaired) electrons. The summed E-state index contributed by atoms with van der Waals surface area (Å²) < 4.78 is 0.685. The van der Waals surface area contributed by atoms with Gasteiger partial charge in [-0.1, -0.05) is 24.6 Å². The van der Waals surface area contributed by atoms with Crippen LogP contribution in [-0.2, 0) is 0 Å². The summed E-state index contributed by atoms with van der Waals surface area (Å²) in [6, 6.07) is 7.84. The molecule has 0 aliphatic heterocycles. The van der Waals surface area contributed by atoms with Crippen LogP contribution in [0.2, 0.25) is 4.34 Å². The van der Waals surface area contributed by atoms with Crippen molar-refractivity contribution in [1.82, 2.24) is 10.6 Å². The third-order valence-corrected chi connectivity index (χ3v) is 5.72. The Kier molecular flexibility index (Phi) is 10.2. The lowest BCUT2D eigenvalue weighted by Gasteiger charge is -2.15. The molecule has 2 rings (SSSR count). The van der Waals surface area contributed by atoms with Crippen LogP contribution in [0, 0.1) is 0 Å². The monoisotopic (exact) mass is 499 g/mol. The Balaban J connectivity index is 0.00000288. The van der Waals surface area contributed by atoms with Gasteiger partial charge in [0.1, 0.15) is 6.10 Å². The third kappa shape index (κ3) is 6.87. The normalized spacial score (nSPS) is 13.9. The van der Waals surface area contributed by atoms with Crippen molar-refractivity contribution in [3.05, 3.63) is 43.7 Å². The summed E-state index contributed by atoms with van der Waals surface area (Å²) in [5.74, 6) is 1.10. The maximum atomic E-state index is 10.2. The molecule has 0 fully saturated rings. The Morgan fingerprint density at radius 3 is 2.67 bits per heavy atom. The third-order valence-electron chi connectivity index (χ3n) is 3.28. The second kappa shape index (κ2) is 11.3. The maximum Gasteiger partial charge on any atom is 0.191 e. The van der Waals surface area contributed by atoms with E-state index in [0.29, 0.717) is 23.3 Å². The van der Waals surface area contributed by atoms with E-state index in [-0.39, 0.29) is 24.0 Å². The Hall–Kier alpha value is -0.350. The highest BCUT2D eigenvalue weighted by atomic mass is 127. The van der Waals surface area contributed by atoms with Crippen LogP contribution in [0.1, 0.15) is 35.6 Å². The van der Waals surface area contributed by atoms with Crippen molar-refractivity contribution < 1.29 is 5.11 Å². The molecule has 2 aromatic heterocycles. The quantitative estimate of drug-likeness (QED) is 0.299. The number of hydrogen-bond donors (Lipinski definition) is 3. The fraction of sp³-hybridized carbons (Fsp3) is 0.438. The SMILES string of the molecule is CCNC(=NCC(C)c1cccs1)NCC(O)c1ccc(Cl)s1.I. The van der Waals surface area contributed by atoms with Gasteiger partial charge in [-0.25, -0.2) is 0 Å². The molecule has 0 aromatic carbocycles. The van der Waals surface area contributed by atoms with E-state index < -0.39 is 6.10 Å². The topological polar surface area (TPSA) is 56.7 Å². The van der Waals surface area contributed by atoms with Crippen LogP contribution < -0.4 is 10.6 Å². The zero-order valence-corrected chi connectivity index (χ0v) is 18.4. The van der Waals surface area contributed by atoms with Gasteiger partial charge in [0.05, 0.1) is 10.9 Å². The molecule has 2 atom stereocenters. The van der Waals surface area contributed by atoms with Crippen molar-refractivity contribution in [2.24, 2.45) is 4.99 Å². The van der Waals surface area contributed by atoms with Gasteiger partial charge >= 0.3 is 0 Å². The molecular formula is C16H23ClIN3OS2. The van der Waals surface area contributed by atoms with Crippen LogP contribution in [0.25, 0.3) is 0 Å². The van der Waals surface area contributed by atoms with E-state index >= 15 is 0 Å². The molecule has 2 aromatic rings. The molecule has 0 spiro atoms. The summed E-state index contributed by atoms with van der Waals surface area (Å²) >= 11 is 9.05. The van der Waals surface area contributed by atoms with Gasteiger partial charge in [0.25, 0.3) is 0 Å². The van der Waals surface area contributed by atoms with Gasteiger partial charge < -0.3 is 15.7 Å². The molecule has 0 saturated carbocycles. The molecule has 2 heterocycles. The number of nitrogens with one attached hydrogen (secondary N) is 2. The smallest absolute Gasteiger partial charge is 0.191 e. The van der Waals surface area contributed by atoms with E-state index in [0.717, 1.165) is 17.4 Å². The van der Waals surface area contributed by atoms with E-state index in [1.165, 1.54) is 16.2 Å². The van der Waals surface area contributed by atoms with Gasteiger partial charge in [0.2, 0.25) is 0 Å². The molecular weight excluding hydrogens is 477 g/mol. The van der Waals surface area contributed by atoms with E-state index in [2.05, 4.69) is 40.1 Å². The van der Waals surface area contributed by atoms with Crippen molar-refractivity contribution in [2.45, 2.75) is 25.9 Å². The number of rotatable bonds is 7. The number of nitrogens with zero attached hydrogens (tertiary/aromatic N) is 1. The number of aliphatic imine (C=N–C) groups is 1. The Labute approximate surface area is 173 Å². The molecule has 0 bridgehead atoms. The van der Waals surface area contributed by atoms with Gasteiger partial charge in [-0.2, -0.15) is 0 Å². The molecule has 3 N–H and O–H groups in total. The lowest BCUT2D eigenvalue weighted by molar-refractivity contribution is 0.184. The van der Waals surface area contributed by atoms with Crippen molar-refractivity contribution in [1.29, 1.82) is 0 Å². The van der Waals surface area contributed by atoms with Gasteiger partial charge in [-0.3, -0.25) is 4.99 Å². The number of guanidine groups is 1. The van der Waals surface area contributed by atoms with Crippen LogP contribution in [0.15, 0.2) is 34.6 Å². The first-order chi connectivity index (χ1) is 11.1. The Bertz CT molecular complexity index is 619. The summed E-state index contributed by atoms with van der Waals surface area (Å²) in [7, 11) is 0. The molecule has 24 heavy (non-hydrogen) atoms. The summed E-state index contributed by atoms with van der Waals surface area (Å²) in [6.45, 7) is 6.07. The van der Waals surface area contributed by atoms with Crippen LogP contribution in [0.5, 0.6) is 0 Å². The summed E-state index contributed by atoms with van der Waals surface area (Å²) in [4.78, 5) is 6.79. The second-order valence-electron chi connectivity index (χ2n) is 5.17. The lowest BCUT2D eigenvalue weighted by Crippen LogP contribution is -2.39. The van der Waals surface area contributed by atoms with Gasteiger partial charge in [-0.15, -0.1) is 46.7 Å². The number of hydrogen-bond acceptors (Lipinski definition) is 4. The molecule has 134 valence electrons. The minimum Gasteiger partial charge on any atom is -0.386 e. The fourth-order valence-electron chi connectivity index (χ4n) is 2.03. The first kappa shape index (κ1) is 21.7. The average Bonchev–Trinajstić information content (AvgIpc) is 3.20. The molecule has 4 nitrogen and oxygen atoms in total. The lowest BCUT2D eigenvalue weighted by atomic mass is 10.1. The number of thiophene rings is 2. The zero-order chi connectivity index (χ0) is 16.7. The molecule has 0 saturated heterocycles. The van der Waals surface area contributed by atoms with E-state index in [1.807, 2.05) is 13.0 Å². The highest BCUT2D eigenvalue weighted by Gasteiger charge is 2.11. The predicted molar refractivity (Wildman–Crippen MR) is 116 cm³/mol. The van der Waals surface area contributed by atoms with E-state index in [9.17, 15) is 5.11 Å². The fourth-order valence-corrected chi connectivity index (χ4v) is 3.86. The summed E-state index contributed by atoms with van der Waals surface area (Å²) in [5, 5.41) is 18.7. The molecule has 0 aliphatic rings. The van der Waals surface area contributed by atoms with Crippen LogP contribution in [0.3, 0.4) is 0 Å². The largest absolute Gasteiger partial charge is 0.386 e. The Morgan fingerprint density at radius 1 is 1.29 bits per heavy atom. The molecule has 2 unspecified atom stereocenters. The van der Waals surface area contributed by atoms with Crippen molar-refractivity contribution in [3.8, 4) is 0 Å². The van der Waals surface area contributed by atoms with Crippen LogP contribution in [-0.4, -0.2) is 30.7 Å². The standard InChI is InChI=1S/C16H22ClN3OS2.HI/c1-3-18-16(19-9-11(2)13-5-4-8-22-13)20-10-12(21)14-6-7-15(17)23-14;/h4-8,11-12,21H,3,9-10H2,1-2H3,(H2,18,19,20);1H. The van der Waals surface area contributed by atoms with Gasteiger partial charge in [0, 0.05) is 28.8 Å². The highest BCUT2D eigenvalue weighted by Crippen LogP contribution is 2.26. The zero-order valence-electron chi connectivity index (χ0n) is 13.7. The average molecular weight is 500 g/mol. The number of halogens is 2. The summed E-state index contributed by atoms with van der Waals surface area (Å²) in [5.41, 5.74) is 0. The molecule has 8 heteroatoms. The minimum atomic E-state index is -0.592. The highest BCUT2D eigenvalue weighted by molar-refractivity contribution is 14.0. The van der Waals surface area contributed by atoms with Crippen LogP contribution >= 0.6 is 58.3 Å². The van der Waals surface area contributed by atoms with Crippen molar-refractivity contribution in [3.63, 3.8) is 0 Å². The maximum absolute atomic E-state index is 10.2. The first-order valence-electron chi connectivity index (χ1n) is 7.59. The van der Waals surface area contributed by atoms with E-state index in [1.54, 1.807) is 17.4 Å². The molecule has 0 amide bonds. The number of aliphatic hydroxyl groups is 1. The Morgan fingerprint density at radius 2 is 2.08 bits per heavy atom. The van der Waals surface area contributed by atoms with Crippen molar-refractivity contribution >= 4 is 64.2 Å². The summed E-state index contributed by atoms with van der Waals surface area (Å²) in [6.07, 6.45) is -0.592. The second-order valence-corrected chi connectivity index (χ2v) is 7.90. The van der Waals surface area contributed by atoms with E-state index in [4.69, 9.17) is 11.6 Å². The predicted octanol–water partition coefficient (Wildman–Crippen LogP) is 4.47. The number of aliphatic hydroxyl groups excluding tert-OH is 1. The minimum absolute atomic E-state index is 0. The van der Waals surface area contributed by atoms with Crippen molar-refractivity contribution in [2.75, 3.05) is 19.6 Å². The van der Waals surface area contributed by atoms with Crippen LogP contribution in [0.4, 0.5) is 0 Å².